The molecule has 2 aromatic carbocycles. The van der Waals surface area contributed by atoms with Crippen molar-refractivity contribution in [3.63, 3.8) is 0 Å². The summed E-state index contributed by atoms with van der Waals surface area (Å²) in [7, 11) is 0. The predicted molar refractivity (Wildman–Crippen MR) is 164 cm³/mol. The number of nitrogens with one attached hydrogen (secondary N) is 4. The SMILES string of the molecule is N=C(N)NCCc1cccc(-c2cc(-c3ccc(-c4cc(-c5cccc(CCNC(=N)N)c5)ncn4)s3)ncn2)c1. The number of hydrogen-bond donors (Lipinski definition) is 6. The van der Waals surface area contributed by atoms with Gasteiger partial charge in [-0.05, 0) is 60.4 Å². The lowest BCUT2D eigenvalue weighted by atomic mass is 10.0. The average molecular weight is 563 g/mol. The van der Waals surface area contributed by atoms with E-state index in [1.807, 2.05) is 36.4 Å². The van der Waals surface area contributed by atoms with Gasteiger partial charge in [0.25, 0.3) is 0 Å². The first-order valence-electron chi connectivity index (χ1n) is 13.0. The van der Waals surface area contributed by atoms with Gasteiger partial charge in [0.1, 0.15) is 12.7 Å². The molecule has 0 fully saturated rings. The summed E-state index contributed by atoms with van der Waals surface area (Å²) in [5, 5.41) is 20.3. The highest BCUT2D eigenvalue weighted by Crippen LogP contribution is 2.34. The Balaban J connectivity index is 1.33. The van der Waals surface area contributed by atoms with Crippen molar-refractivity contribution in [3.8, 4) is 43.7 Å². The Labute approximate surface area is 242 Å². The number of aromatic nitrogens is 4. The first-order chi connectivity index (χ1) is 19.9. The van der Waals surface area contributed by atoms with Gasteiger partial charge in [0, 0.05) is 24.2 Å². The first kappa shape index (κ1) is 27.4. The quantitative estimate of drug-likeness (QED) is 0.109. The van der Waals surface area contributed by atoms with Gasteiger partial charge in [-0.25, -0.2) is 19.9 Å². The number of benzene rings is 2. The van der Waals surface area contributed by atoms with Gasteiger partial charge in [0.05, 0.1) is 32.5 Å². The molecule has 5 aromatic rings. The van der Waals surface area contributed by atoms with Gasteiger partial charge in [-0.15, -0.1) is 11.3 Å². The van der Waals surface area contributed by atoms with Gasteiger partial charge in [-0.3, -0.25) is 10.8 Å². The van der Waals surface area contributed by atoms with Crippen molar-refractivity contribution in [3.05, 3.63) is 96.6 Å². The molecule has 8 N–H and O–H groups in total. The van der Waals surface area contributed by atoms with Crippen molar-refractivity contribution in [2.45, 2.75) is 12.8 Å². The maximum atomic E-state index is 7.32. The molecule has 3 aromatic heterocycles. The van der Waals surface area contributed by atoms with Crippen molar-refractivity contribution in [1.82, 2.24) is 30.6 Å². The van der Waals surface area contributed by atoms with Crippen molar-refractivity contribution in [2.24, 2.45) is 11.5 Å². The van der Waals surface area contributed by atoms with Crippen LogP contribution in [0, 0.1) is 10.8 Å². The molecule has 0 spiro atoms. The molecule has 10 nitrogen and oxygen atoms in total. The summed E-state index contributed by atoms with van der Waals surface area (Å²) in [6, 6.07) is 24.5. The minimum absolute atomic E-state index is 0.0282. The summed E-state index contributed by atoms with van der Waals surface area (Å²) >= 11 is 1.62. The van der Waals surface area contributed by atoms with Crippen LogP contribution in [0.2, 0.25) is 0 Å². The molecule has 11 heteroatoms. The maximum absolute atomic E-state index is 7.32. The van der Waals surface area contributed by atoms with Crippen LogP contribution in [0.5, 0.6) is 0 Å². The number of guanidine groups is 2. The van der Waals surface area contributed by atoms with Crippen LogP contribution < -0.4 is 22.1 Å². The molecular formula is C30H30N10S. The summed E-state index contributed by atoms with van der Waals surface area (Å²) in [6.07, 6.45) is 4.69. The Bertz CT molecular complexity index is 1560. The molecule has 3 heterocycles. The zero-order valence-electron chi connectivity index (χ0n) is 22.3. The molecule has 0 aliphatic heterocycles. The maximum Gasteiger partial charge on any atom is 0.185 e. The highest BCUT2D eigenvalue weighted by Gasteiger charge is 2.11. The largest absolute Gasteiger partial charge is 0.370 e. The smallest absolute Gasteiger partial charge is 0.185 e. The second-order valence-electron chi connectivity index (χ2n) is 9.32. The third-order valence-electron chi connectivity index (χ3n) is 6.35. The fourth-order valence-electron chi connectivity index (χ4n) is 4.37. The van der Waals surface area contributed by atoms with E-state index in [-0.39, 0.29) is 11.9 Å². The number of rotatable bonds is 10. The molecule has 0 amide bonds. The van der Waals surface area contributed by atoms with Crippen LogP contribution in [0.3, 0.4) is 0 Å². The summed E-state index contributed by atoms with van der Waals surface area (Å²) in [4.78, 5) is 20.1. The Hall–Kier alpha value is -5.16. The normalized spacial score (nSPS) is 10.7. The van der Waals surface area contributed by atoms with E-state index >= 15 is 0 Å². The molecule has 0 radical (unpaired) electrons. The Morgan fingerprint density at radius 3 is 1.49 bits per heavy atom. The molecule has 0 aliphatic rings. The third kappa shape index (κ3) is 7.28. The van der Waals surface area contributed by atoms with Gasteiger partial charge in [0.2, 0.25) is 0 Å². The van der Waals surface area contributed by atoms with Crippen LogP contribution in [0.1, 0.15) is 11.1 Å². The van der Waals surface area contributed by atoms with Gasteiger partial charge < -0.3 is 22.1 Å². The van der Waals surface area contributed by atoms with E-state index in [4.69, 9.17) is 22.3 Å². The van der Waals surface area contributed by atoms with Crippen LogP contribution in [0.4, 0.5) is 0 Å². The predicted octanol–water partition coefficient (Wildman–Crippen LogP) is 4.05. The minimum atomic E-state index is -0.0282. The van der Waals surface area contributed by atoms with Crippen LogP contribution in [-0.4, -0.2) is 44.9 Å². The topological polar surface area (TPSA) is 175 Å². The van der Waals surface area contributed by atoms with Gasteiger partial charge in [-0.2, -0.15) is 0 Å². The van der Waals surface area contributed by atoms with Crippen LogP contribution in [-0.2, 0) is 12.8 Å². The Morgan fingerprint density at radius 2 is 1.05 bits per heavy atom. The molecule has 0 saturated carbocycles. The zero-order chi connectivity index (χ0) is 28.6. The number of hydrogen-bond acceptors (Lipinski definition) is 7. The van der Waals surface area contributed by atoms with E-state index in [0.717, 1.165) is 67.6 Å². The van der Waals surface area contributed by atoms with E-state index in [0.29, 0.717) is 13.1 Å². The molecule has 0 unspecified atom stereocenters. The summed E-state index contributed by atoms with van der Waals surface area (Å²) in [5.41, 5.74) is 18.4. The lowest BCUT2D eigenvalue weighted by Gasteiger charge is -2.07. The van der Waals surface area contributed by atoms with E-state index in [9.17, 15) is 0 Å². The van der Waals surface area contributed by atoms with Gasteiger partial charge >= 0.3 is 0 Å². The van der Waals surface area contributed by atoms with Crippen LogP contribution >= 0.6 is 11.3 Å². The molecule has 41 heavy (non-hydrogen) atoms. The van der Waals surface area contributed by atoms with Crippen LogP contribution in [0.15, 0.2) is 85.5 Å². The van der Waals surface area contributed by atoms with E-state index in [1.54, 1.807) is 24.0 Å². The molecular weight excluding hydrogens is 532 g/mol. The highest BCUT2D eigenvalue weighted by molar-refractivity contribution is 7.18. The monoisotopic (exact) mass is 562 g/mol. The highest BCUT2D eigenvalue weighted by atomic mass is 32.1. The summed E-state index contributed by atoms with van der Waals surface area (Å²) < 4.78 is 0. The van der Waals surface area contributed by atoms with Crippen molar-refractivity contribution in [1.29, 1.82) is 10.8 Å². The molecule has 206 valence electrons. The number of thiophene rings is 1. The standard InChI is InChI=1S/C30H30N10S/c31-29(32)35-11-9-19-3-1-5-21(13-19)23-15-25(39-17-37-23)27-7-8-28(41-27)26-16-24(38-18-40-26)22-6-2-4-20(14-22)10-12-36-30(33)34/h1-8,13-18H,9-12H2,(H4,31,32,35)(H4,33,34,36). The van der Waals surface area contributed by atoms with Crippen molar-refractivity contribution >= 4 is 23.3 Å². The van der Waals surface area contributed by atoms with Crippen molar-refractivity contribution in [2.75, 3.05) is 13.1 Å². The lowest BCUT2D eigenvalue weighted by Crippen LogP contribution is -2.31. The van der Waals surface area contributed by atoms with Gasteiger partial charge in [-0.1, -0.05) is 36.4 Å². The molecule has 0 atom stereocenters. The van der Waals surface area contributed by atoms with E-state index < -0.39 is 0 Å². The van der Waals surface area contributed by atoms with E-state index in [1.165, 1.54) is 0 Å². The molecule has 0 aliphatic carbocycles. The zero-order valence-corrected chi connectivity index (χ0v) is 23.1. The minimum Gasteiger partial charge on any atom is -0.370 e. The van der Waals surface area contributed by atoms with Gasteiger partial charge in [0.15, 0.2) is 11.9 Å². The first-order valence-corrected chi connectivity index (χ1v) is 13.9. The fraction of sp³-hybridized carbons (Fsp3) is 0.133. The number of nitrogens with two attached hydrogens (primary N) is 2. The summed E-state index contributed by atoms with van der Waals surface area (Å²) in [6.45, 7) is 1.20. The lowest BCUT2D eigenvalue weighted by molar-refractivity contribution is 0.854. The number of nitrogens with zero attached hydrogens (tertiary/aromatic N) is 4. The second kappa shape index (κ2) is 12.8. The molecule has 0 saturated heterocycles. The second-order valence-corrected chi connectivity index (χ2v) is 10.4. The average Bonchev–Trinajstić information content (AvgIpc) is 3.48. The van der Waals surface area contributed by atoms with E-state index in [2.05, 4.69) is 67.0 Å². The third-order valence-corrected chi connectivity index (χ3v) is 7.48. The van der Waals surface area contributed by atoms with Crippen LogP contribution in [0.25, 0.3) is 43.7 Å². The van der Waals surface area contributed by atoms with Crippen molar-refractivity contribution < 1.29 is 0 Å². The Morgan fingerprint density at radius 1 is 0.610 bits per heavy atom. The summed E-state index contributed by atoms with van der Waals surface area (Å²) in [5.74, 6) is -0.0564. The fourth-order valence-corrected chi connectivity index (χ4v) is 5.31. The Kier molecular flexibility index (Phi) is 8.55. The molecule has 0 bridgehead atoms. The molecule has 5 rings (SSSR count).